The highest BCUT2D eigenvalue weighted by molar-refractivity contribution is 5.68. The van der Waals surface area contributed by atoms with Crippen molar-refractivity contribution in [3.63, 3.8) is 0 Å². The lowest BCUT2D eigenvalue weighted by molar-refractivity contribution is 0.108. The number of nitrogens with zero attached hydrogens (tertiary/aromatic N) is 4. The lowest BCUT2D eigenvalue weighted by atomic mass is 10.2. The summed E-state index contributed by atoms with van der Waals surface area (Å²) in [7, 11) is 0. The van der Waals surface area contributed by atoms with Crippen LogP contribution >= 0.6 is 0 Å². The van der Waals surface area contributed by atoms with Crippen LogP contribution in [0.3, 0.4) is 0 Å². The quantitative estimate of drug-likeness (QED) is 0.774. The summed E-state index contributed by atoms with van der Waals surface area (Å²) in [4.78, 5) is 13.8. The van der Waals surface area contributed by atoms with Crippen LogP contribution in [0.1, 0.15) is 12.5 Å². The van der Waals surface area contributed by atoms with E-state index in [9.17, 15) is 0 Å². The Hall–Kier alpha value is -2.63. The van der Waals surface area contributed by atoms with Crippen LogP contribution in [0.25, 0.3) is 11.2 Å². The predicted molar refractivity (Wildman–Crippen MR) is 74.0 cm³/mol. The maximum Gasteiger partial charge on any atom is 0.190 e. The molecule has 0 saturated carbocycles. The van der Waals surface area contributed by atoms with Crippen molar-refractivity contribution >= 4 is 11.2 Å². The molecule has 0 bridgehead atoms. The number of fused-ring (bicyclic) bond motifs is 1. The fraction of sp³-hybridized carbons (Fsp3) is 0.214. The summed E-state index contributed by atoms with van der Waals surface area (Å²) in [6.45, 7) is 3.01. The van der Waals surface area contributed by atoms with Crippen molar-refractivity contribution in [3.05, 3.63) is 54.0 Å². The maximum atomic E-state index is 8.20. The van der Waals surface area contributed by atoms with E-state index < -0.39 is 0 Å². The number of nitrogens with one attached hydrogen (secondary N) is 1. The second-order valence-corrected chi connectivity index (χ2v) is 4.37. The van der Waals surface area contributed by atoms with Crippen LogP contribution in [-0.4, -0.2) is 25.9 Å². The highest BCUT2D eigenvalue weighted by Crippen LogP contribution is 2.08. The molecule has 20 heavy (non-hydrogen) atoms. The fourth-order valence-corrected chi connectivity index (χ4v) is 2.11. The second kappa shape index (κ2) is 5.16. The third-order valence-electron chi connectivity index (χ3n) is 3.01. The van der Waals surface area contributed by atoms with Gasteiger partial charge in [0, 0.05) is 6.54 Å². The van der Waals surface area contributed by atoms with Crippen molar-refractivity contribution in [2.45, 2.75) is 13.5 Å². The molecule has 0 radical (unpaired) electrons. The number of imidazole rings is 1. The highest BCUT2D eigenvalue weighted by Gasteiger charge is 2.09. The molecule has 0 unspecified atom stereocenters. The number of hydrogen-bond donors (Lipinski definition) is 1. The summed E-state index contributed by atoms with van der Waals surface area (Å²) < 4.78 is 3.28. The van der Waals surface area contributed by atoms with E-state index in [2.05, 4.69) is 9.97 Å². The van der Waals surface area contributed by atoms with Gasteiger partial charge in [-0.1, -0.05) is 30.3 Å². The summed E-state index contributed by atoms with van der Waals surface area (Å²) >= 11 is 0. The van der Waals surface area contributed by atoms with Gasteiger partial charge in [0.15, 0.2) is 11.1 Å². The lowest BCUT2D eigenvalue weighted by Gasteiger charge is -2.08. The molecular formula is C14H15N5O. The van der Waals surface area contributed by atoms with Crippen molar-refractivity contribution in [2.75, 3.05) is 6.61 Å². The molecule has 0 atom stereocenters. The van der Waals surface area contributed by atoms with E-state index in [1.807, 2.05) is 41.8 Å². The molecule has 1 aromatic carbocycles. The van der Waals surface area contributed by atoms with Crippen molar-refractivity contribution in [2.24, 2.45) is 0 Å². The fourth-order valence-electron chi connectivity index (χ4n) is 2.11. The number of aromatic nitrogens is 4. The van der Waals surface area contributed by atoms with Crippen LogP contribution in [0.4, 0.5) is 0 Å². The first-order valence-electron chi connectivity index (χ1n) is 6.44. The van der Waals surface area contributed by atoms with Crippen LogP contribution in [0.15, 0.2) is 43.0 Å². The Morgan fingerprint density at radius 3 is 2.65 bits per heavy atom. The predicted octanol–water partition coefficient (Wildman–Crippen LogP) is 1.21. The normalized spacial score (nSPS) is 10.8. The van der Waals surface area contributed by atoms with Gasteiger partial charge in [0.1, 0.15) is 18.5 Å². The Kier molecular flexibility index (Phi) is 3.20. The van der Waals surface area contributed by atoms with Crippen molar-refractivity contribution in [1.29, 1.82) is 5.41 Å². The Morgan fingerprint density at radius 1 is 1.15 bits per heavy atom. The topological polar surface area (TPSA) is 68.7 Å². The molecule has 2 heterocycles. The highest BCUT2D eigenvalue weighted by atomic mass is 16.7. The second-order valence-electron chi connectivity index (χ2n) is 4.37. The minimum Gasteiger partial charge on any atom is -0.411 e. The van der Waals surface area contributed by atoms with Gasteiger partial charge in [0.05, 0.1) is 6.33 Å². The van der Waals surface area contributed by atoms with Crippen LogP contribution in [0, 0.1) is 5.41 Å². The zero-order valence-corrected chi connectivity index (χ0v) is 11.2. The van der Waals surface area contributed by atoms with E-state index in [-0.39, 0.29) is 5.49 Å². The van der Waals surface area contributed by atoms with E-state index in [0.29, 0.717) is 24.3 Å². The first kappa shape index (κ1) is 12.4. The molecule has 0 fully saturated rings. The van der Waals surface area contributed by atoms with Crippen molar-refractivity contribution in [1.82, 2.24) is 19.3 Å². The SMILES string of the molecule is CCOn1cnc2ncn(Cc3ccccc3)c2c1=N. The molecule has 102 valence electrons. The molecule has 0 saturated heterocycles. The molecule has 3 aromatic rings. The number of benzene rings is 1. The maximum absolute atomic E-state index is 8.20. The molecular weight excluding hydrogens is 254 g/mol. The minimum atomic E-state index is 0.255. The Bertz CT molecular complexity index is 775. The summed E-state index contributed by atoms with van der Waals surface area (Å²) in [5.74, 6) is 0. The third kappa shape index (κ3) is 2.16. The van der Waals surface area contributed by atoms with Crippen LogP contribution in [0.5, 0.6) is 0 Å². The molecule has 6 nitrogen and oxygen atoms in total. The molecule has 0 spiro atoms. The minimum absolute atomic E-state index is 0.255. The molecule has 0 aliphatic rings. The van der Waals surface area contributed by atoms with Gasteiger partial charge in [-0.05, 0) is 12.5 Å². The van der Waals surface area contributed by atoms with Gasteiger partial charge >= 0.3 is 0 Å². The van der Waals surface area contributed by atoms with Gasteiger partial charge < -0.3 is 9.40 Å². The molecule has 1 N–H and O–H groups in total. The summed E-state index contributed by atoms with van der Waals surface area (Å²) in [5.41, 5.74) is 2.63. The average molecular weight is 269 g/mol. The van der Waals surface area contributed by atoms with Crippen LogP contribution in [0.2, 0.25) is 0 Å². The summed E-state index contributed by atoms with van der Waals surface area (Å²) in [5, 5.41) is 8.20. The average Bonchev–Trinajstić information content (AvgIpc) is 2.87. The van der Waals surface area contributed by atoms with E-state index in [1.165, 1.54) is 11.1 Å². The zero-order chi connectivity index (χ0) is 13.9. The Labute approximate surface area is 115 Å². The van der Waals surface area contributed by atoms with Gasteiger partial charge in [-0.25, -0.2) is 9.97 Å². The first-order chi connectivity index (χ1) is 9.79. The molecule has 0 aliphatic heterocycles. The zero-order valence-electron chi connectivity index (χ0n) is 11.2. The smallest absolute Gasteiger partial charge is 0.190 e. The standard InChI is InChI=1S/C14H15N5O/c1-2-20-19-10-17-14-12(13(19)15)18(9-16-14)8-11-6-4-3-5-7-11/h3-7,9-10,15H,2,8H2,1H3. The van der Waals surface area contributed by atoms with Gasteiger partial charge in [-0.3, -0.25) is 5.41 Å². The van der Waals surface area contributed by atoms with E-state index in [1.54, 1.807) is 6.33 Å². The van der Waals surface area contributed by atoms with Crippen LogP contribution < -0.4 is 10.3 Å². The third-order valence-corrected chi connectivity index (χ3v) is 3.01. The van der Waals surface area contributed by atoms with Crippen molar-refractivity contribution < 1.29 is 4.84 Å². The molecule has 2 aromatic heterocycles. The Balaban J connectivity index is 2.08. The number of rotatable bonds is 4. The Morgan fingerprint density at radius 2 is 1.90 bits per heavy atom. The summed E-state index contributed by atoms with van der Waals surface area (Å²) in [6, 6.07) is 10.1. The largest absolute Gasteiger partial charge is 0.411 e. The summed E-state index contributed by atoms with van der Waals surface area (Å²) in [6.07, 6.45) is 3.19. The van der Waals surface area contributed by atoms with Gasteiger partial charge in [-0.15, -0.1) is 0 Å². The van der Waals surface area contributed by atoms with Crippen LogP contribution in [-0.2, 0) is 6.54 Å². The molecule has 6 heteroatoms. The van der Waals surface area contributed by atoms with Crippen molar-refractivity contribution in [3.8, 4) is 0 Å². The number of hydrogen-bond acceptors (Lipinski definition) is 4. The van der Waals surface area contributed by atoms with E-state index in [0.717, 1.165) is 5.56 Å². The molecule has 0 aliphatic carbocycles. The molecule has 0 amide bonds. The van der Waals surface area contributed by atoms with Gasteiger partial charge in [0.2, 0.25) is 0 Å². The van der Waals surface area contributed by atoms with E-state index in [4.69, 9.17) is 10.2 Å². The van der Waals surface area contributed by atoms with E-state index >= 15 is 0 Å². The monoisotopic (exact) mass is 269 g/mol. The molecule has 3 rings (SSSR count). The first-order valence-corrected chi connectivity index (χ1v) is 6.44. The van der Waals surface area contributed by atoms with Gasteiger partial charge in [0.25, 0.3) is 0 Å². The lowest BCUT2D eigenvalue weighted by Crippen LogP contribution is -2.28. The van der Waals surface area contributed by atoms with Gasteiger partial charge in [-0.2, -0.15) is 4.73 Å².